The van der Waals surface area contributed by atoms with E-state index in [4.69, 9.17) is 13.9 Å². The van der Waals surface area contributed by atoms with Gasteiger partial charge in [0.2, 0.25) is 6.79 Å². The number of amides is 2. The van der Waals surface area contributed by atoms with Crippen LogP contribution in [-0.2, 0) is 22.7 Å². The fraction of sp³-hybridized carbons (Fsp3) is 0.200. The molecule has 8 nitrogen and oxygen atoms in total. The van der Waals surface area contributed by atoms with Crippen LogP contribution in [0, 0.1) is 0 Å². The Bertz CT molecular complexity index is 1010. The molecule has 9 heteroatoms. The summed E-state index contributed by atoms with van der Waals surface area (Å²) in [5.74, 6) is 0.268. The predicted molar refractivity (Wildman–Crippen MR) is 103 cm³/mol. The van der Waals surface area contributed by atoms with Crippen LogP contribution in [0.5, 0.6) is 11.5 Å². The van der Waals surface area contributed by atoms with E-state index in [1.165, 1.54) is 17.6 Å². The summed E-state index contributed by atoms with van der Waals surface area (Å²) in [6.45, 7) is 0.559. The number of furan rings is 1. The van der Waals surface area contributed by atoms with Crippen molar-refractivity contribution in [1.82, 2.24) is 10.6 Å². The molecule has 3 aromatic rings. The summed E-state index contributed by atoms with van der Waals surface area (Å²) in [6, 6.07) is 12.3. The van der Waals surface area contributed by atoms with Crippen LogP contribution in [-0.4, -0.2) is 23.7 Å². The zero-order valence-electron chi connectivity index (χ0n) is 15.2. The van der Waals surface area contributed by atoms with Gasteiger partial charge < -0.3 is 29.6 Å². The lowest BCUT2D eigenvalue weighted by Crippen LogP contribution is -2.39. The maximum absolute atomic E-state index is 12.0. The van der Waals surface area contributed by atoms with Gasteiger partial charge in [0.15, 0.2) is 11.5 Å². The second-order valence-electron chi connectivity index (χ2n) is 6.28. The molecule has 0 saturated heterocycles. The first-order valence-electron chi connectivity index (χ1n) is 8.85. The molecule has 1 atom stereocenters. The summed E-state index contributed by atoms with van der Waals surface area (Å²) >= 11 is 1.33. The number of thiophene rings is 1. The second kappa shape index (κ2) is 8.38. The molecule has 0 aliphatic carbocycles. The third-order valence-corrected chi connectivity index (χ3v) is 5.42. The molecule has 3 N–H and O–H groups in total. The maximum Gasteiger partial charge on any atom is 0.309 e. The average Bonchev–Trinajstić information content (AvgIpc) is 3.50. The van der Waals surface area contributed by atoms with Gasteiger partial charge in [-0.05, 0) is 42.0 Å². The molecule has 0 bridgehead atoms. The number of ether oxygens (including phenoxy) is 2. The van der Waals surface area contributed by atoms with Gasteiger partial charge in [0.1, 0.15) is 11.9 Å². The molecule has 2 amide bonds. The van der Waals surface area contributed by atoms with Crippen LogP contribution >= 0.6 is 11.3 Å². The van der Waals surface area contributed by atoms with Crippen molar-refractivity contribution in [1.29, 1.82) is 0 Å². The first kappa shape index (κ1) is 19.0. The molecule has 1 aliphatic heterocycles. The lowest BCUT2D eigenvalue weighted by molar-refractivity contribution is -0.139. The Kier molecular flexibility index (Phi) is 5.50. The monoisotopic (exact) mass is 414 g/mol. The fourth-order valence-electron chi connectivity index (χ4n) is 2.78. The van der Waals surface area contributed by atoms with E-state index in [0.717, 1.165) is 10.4 Å². The Morgan fingerprint density at radius 1 is 1.03 bits per heavy atom. The number of nitrogens with one attached hydrogen (secondary N) is 2. The van der Waals surface area contributed by atoms with Crippen LogP contribution in [0.4, 0.5) is 0 Å². The summed E-state index contributed by atoms with van der Waals surface area (Å²) in [7, 11) is 0. The van der Waals surface area contributed by atoms with Gasteiger partial charge in [-0.25, -0.2) is 0 Å². The van der Waals surface area contributed by atoms with Crippen LogP contribution in [0.3, 0.4) is 0 Å². The summed E-state index contributed by atoms with van der Waals surface area (Å²) in [5, 5.41) is 15.4. The molecule has 3 heterocycles. The van der Waals surface area contributed by atoms with E-state index in [2.05, 4.69) is 10.6 Å². The largest absolute Gasteiger partial charge is 0.466 e. The highest BCUT2D eigenvalue weighted by Crippen LogP contribution is 2.32. The van der Waals surface area contributed by atoms with E-state index >= 15 is 0 Å². The zero-order chi connectivity index (χ0) is 20.2. The molecule has 1 aromatic carbocycles. The fourth-order valence-corrected chi connectivity index (χ4v) is 3.73. The van der Waals surface area contributed by atoms with E-state index < -0.39 is 17.9 Å². The molecule has 150 valence electrons. The standard InChI is InChI=1S/C20H18N2O6S/c23-18(15-2-1-7-26-15)17-6-4-13(29-17)10-22-20(25)19(24)21-9-12-3-5-14-16(8-12)28-11-27-14/h1-8,18,23H,9-11H2,(H,21,24)(H,22,25)/t18-/m1/s1. The smallest absolute Gasteiger partial charge is 0.309 e. The Hall–Kier alpha value is -3.30. The highest BCUT2D eigenvalue weighted by molar-refractivity contribution is 7.12. The number of fused-ring (bicyclic) bond motifs is 1. The van der Waals surface area contributed by atoms with Crippen LogP contribution in [0.15, 0.2) is 53.1 Å². The number of aliphatic hydroxyl groups excluding tert-OH is 1. The van der Waals surface area contributed by atoms with Gasteiger partial charge >= 0.3 is 11.8 Å². The molecule has 2 aromatic heterocycles. The summed E-state index contributed by atoms with van der Waals surface area (Å²) in [6.07, 6.45) is 0.639. The van der Waals surface area contributed by atoms with E-state index in [0.29, 0.717) is 22.1 Å². The Balaban J connectivity index is 1.26. The molecule has 0 spiro atoms. The molecular weight excluding hydrogens is 396 g/mol. The van der Waals surface area contributed by atoms with Crippen molar-refractivity contribution in [3.8, 4) is 11.5 Å². The second-order valence-corrected chi connectivity index (χ2v) is 7.47. The minimum atomic E-state index is -0.857. The van der Waals surface area contributed by atoms with E-state index in [9.17, 15) is 14.7 Å². The molecule has 0 unspecified atom stereocenters. The van der Waals surface area contributed by atoms with Crippen molar-refractivity contribution >= 4 is 23.2 Å². The van der Waals surface area contributed by atoms with Gasteiger partial charge in [0, 0.05) is 16.3 Å². The molecule has 0 fully saturated rings. The third-order valence-electron chi connectivity index (χ3n) is 4.28. The van der Waals surface area contributed by atoms with Gasteiger partial charge in [-0.15, -0.1) is 11.3 Å². The van der Waals surface area contributed by atoms with Crippen molar-refractivity contribution in [2.75, 3.05) is 6.79 Å². The van der Waals surface area contributed by atoms with Crippen molar-refractivity contribution in [2.45, 2.75) is 19.2 Å². The lowest BCUT2D eigenvalue weighted by Gasteiger charge is -2.07. The number of benzene rings is 1. The van der Waals surface area contributed by atoms with Crippen molar-refractivity contribution in [3.05, 3.63) is 69.8 Å². The highest BCUT2D eigenvalue weighted by Gasteiger charge is 2.18. The number of rotatable bonds is 6. The minimum Gasteiger partial charge on any atom is -0.466 e. The lowest BCUT2D eigenvalue weighted by atomic mass is 10.2. The topological polar surface area (TPSA) is 110 Å². The number of aliphatic hydroxyl groups is 1. The van der Waals surface area contributed by atoms with Gasteiger partial charge in [0.25, 0.3) is 0 Å². The Labute approximate surface area is 170 Å². The number of carbonyl (C=O) groups excluding carboxylic acids is 2. The van der Waals surface area contributed by atoms with Gasteiger partial charge in [-0.2, -0.15) is 0 Å². The Morgan fingerprint density at radius 2 is 1.83 bits per heavy atom. The first-order valence-corrected chi connectivity index (χ1v) is 9.66. The van der Waals surface area contributed by atoms with Crippen molar-refractivity contribution in [3.63, 3.8) is 0 Å². The van der Waals surface area contributed by atoms with Crippen LogP contribution in [0.2, 0.25) is 0 Å². The molecule has 1 aliphatic rings. The normalized spacial score (nSPS) is 13.1. The van der Waals surface area contributed by atoms with Crippen LogP contribution in [0.1, 0.15) is 27.2 Å². The van der Waals surface area contributed by atoms with Gasteiger partial charge in [-0.1, -0.05) is 6.07 Å². The van der Waals surface area contributed by atoms with Crippen LogP contribution in [0.25, 0.3) is 0 Å². The quantitative estimate of drug-likeness (QED) is 0.533. The van der Waals surface area contributed by atoms with E-state index in [1.54, 1.807) is 42.5 Å². The number of hydrogen-bond donors (Lipinski definition) is 3. The Morgan fingerprint density at radius 3 is 2.62 bits per heavy atom. The third kappa shape index (κ3) is 4.41. The summed E-state index contributed by atoms with van der Waals surface area (Å²) in [4.78, 5) is 25.5. The molecular formula is C20H18N2O6S. The van der Waals surface area contributed by atoms with Gasteiger partial charge in [0.05, 0.1) is 12.8 Å². The van der Waals surface area contributed by atoms with Crippen molar-refractivity contribution in [2.24, 2.45) is 0 Å². The van der Waals surface area contributed by atoms with Crippen molar-refractivity contribution < 1.29 is 28.6 Å². The number of hydrogen-bond acceptors (Lipinski definition) is 7. The first-order chi connectivity index (χ1) is 14.1. The van der Waals surface area contributed by atoms with Gasteiger partial charge in [-0.3, -0.25) is 9.59 Å². The summed E-state index contributed by atoms with van der Waals surface area (Å²) < 4.78 is 15.7. The summed E-state index contributed by atoms with van der Waals surface area (Å²) in [5.41, 5.74) is 0.796. The predicted octanol–water partition coefficient (Wildman–Crippen LogP) is 2.08. The zero-order valence-corrected chi connectivity index (χ0v) is 16.0. The molecule has 4 rings (SSSR count). The highest BCUT2D eigenvalue weighted by atomic mass is 32.1. The molecule has 0 radical (unpaired) electrons. The molecule has 29 heavy (non-hydrogen) atoms. The SMILES string of the molecule is O=C(NCc1ccc2c(c1)OCO2)C(=O)NCc1ccc([C@H](O)c2ccco2)s1. The average molecular weight is 414 g/mol. The maximum atomic E-state index is 12.0. The molecule has 0 saturated carbocycles. The van der Waals surface area contributed by atoms with E-state index in [-0.39, 0.29) is 19.9 Å². The number of carbonyl (C=O) groups is 2. The van der Waals surface area contributed by atoms with Crippen LogP contribution < -0.4 is 20.1 Å². The minimum absolute atomic E-state index is 0.177. The van der Waals surface area contributed by atoms with E-state index in [1.807, 2.05) is 0 Å².